The summed E-state index contributed by atoms with van der Waals surface area (Å²) in [7, 11) is 0. The first-order valence-corrected chi connectivity index (χ1v) is 9.46. The van der Waals surface area contributed by atoms with Crippen LogP contribution in [0, 0.1) is 11.8 Å². The maximum Gasteiger partial charge on any atom is 0.248 e. The number of hydrogen-bond donors (Lipinski definition) is 0. The van der Waals surface area contributed by atoms with Crippen LogP contribution in [0.1, 0.15) is 37.5 Å². The second-order valence-electron chi connectivity index (χ2n) is 7.80. The Morgan fingerprint density at radius 1 is 0.655 bits per heavy atom. The van der Waals surface area contributed by atoms with E-state index in [1.54, 1.807) is 12.4 Å². The molecule has 2 aromatic heterocycles. The number of aromatic nitrogens is 3. The Kier molecular flexibility index (Phi) is 4.97. The van der Waals surface area contributed by atoms with Crippen LogP contribution in [0.5, 0.6) is 0 Å². The molecule has 4 aromatic rings. The molecule has 0 aliphatic rings. The van der Waals surface area contributed by atoms with E-state index < -0.39 is 0 Å². The minimum Gasteiger partial charge on any atom is -0.416 e. The molecule has 0 fully saturated rings. The summed E-state index contributed by atoms with van der Waals surface area (Å²) < 4.78 is 5.89. The lowest BCUT2D eigenvalue weighted by atomic mass is 9.87. The minimum absolute atomic E-state index is 0.112. The largest absolute Gasteiger partial charge is 0.416 e. The summed E-state index contributed by atoms with van der Waals surface area (Å²) in [4.78, 5) is 3.99. The third kappa shape index (κ3) is 4.41. The molecule has 4 heteroatoms. The van der Waals surface area contributed by atoms with Crippen LogP contribution in [-0.2, 0) is 5.41 Å². The second-order valence-corrected chi connectivity index (χ2v) is 7.80. The summed E-state index contributed by atoms with van der Waals surface area (Å²) in [6.45, 7) is 6.58. The van der Waals surface area contributed by atoms with Gasteiger partial charge >= 0.3 is 0 Å². The summed E-state index contributed by atoms with van der Waals surface area (Å²) in [5, 5.41) is 8.40. The van der Waals surface area contributed by atoms with Gasteiger partial charge in [-0.05, 0) is 59.5 Å². The molecule has 0 unspecified atom stereocenters. The summed E-state index contributed by atoms with van der Waals surface area (Å²) in [5.41, 5.74) is 5.01. The van der Waals surface area contributed by atoms with E-state index >= 15 is 0 Å². The molecule has 0 aliphatic carbocycles. The fraction of sp³-hybridized carbons (Fsp3) is 0.160. The molecular formula is C25H21N3O. The first-order valence-electron chi connectivity index (χ1n) is 9.46. The Morgan fingerprint density at radius 2 is 1.14 bits per heavy atom. The first-order chi connectivity index (χ1) is 14.0. The molecule has 0 atom stereocenters. The zero-order valence-corrected chi connectivity index (χ0v) is 16.7. The highest BCUT2D eigenvalue weighted by Crippen LogP contribution is 2.27. The lowest BCUT2D eigenvalue weighted by Crippen LogP contribution is -2.10. The van der Waals surface area contributed by atoms with Crippen LogP contribution in [-0.4, -0.2) is 15.2 Å². The van der Waals surface area contributed by atoms with E-state index in [0.717, 1.165) is 22.3 Å². The van der Waals surface area contributed by atoms with Gasteiger partial charge in [0.15, 0.2) is 0 Å². The maximum absolute atomic E-state index is 5.89. The molecule has 0 saturated carbocycles. The van der Waals surface area contributed by atoms with Crippen LogP contribution >= 0.6 is 0 Å². The molecule has 2 aromatic carbocycles. The first kappa shape index (κ1) is 18.6. The third-order valence-electron chi connectivity index (χ3n) is 4.59. The van der Waals surface area contributed by atoms with Crippen LogP contribution in [0.4, 0.5) is 0 Å². The minimum atomic E-state index is 0.112. The number of benzene rings is 2. The van der Waals surface area contributed by atoms with Crippen molar-refractivity contribution in [1.82, 2.24) is 15.2 Å². The van der Waals surface area contributed by atoms with Crippen molar-refractivity contribution >= 4 is 0 Å². The highest BCUT2D eigenvalue weighted by Gasteiger charge is 2.15. The third-order valence-corrected chi connectivity index (χ3v) is 4.59. The van der Waals surface area contributed by atoms with Crippen LogP contribution in [0.15, 0.2) is 77.5 Å². The van der Waals surface area contributed by atoms with Crippen molar-refractivity contribution < 1.29 is 4.42 Å². The molecule has 0 amide bonds. The average molecular weight is 379 g/mol. The summed E-state index contributed by atoms with van der Waals surface area (Å²) in [6.07, 6.45) is 3.47. The molecular weight excluding hydrogens is 358 g/mol. The Morgan fingerprint density at radius 3 is 1.66 bits per heavy atom. The Balaban J connectivity index is 1.52. The van der Waals surface area contributed by atoms with Crippen molar-refractivity contribution in [3.8, 4) is 34.7 Å². The van der Waals surface area contributed by atoms with E-state index in [1.807, 2.05) is 48.5 Å². The molecule has 4 nitrogen and oxygen atoms in total. The molecule has 2 heterocycles. The Labute approximate surface area is 170 Å². The van der Waals surface area contributed by atoms with Gasteiger partial charge in [-0.2, -0.15) is 0 Å². The predicted octanol–water partition coefficient (Wildman–Crippen LogP) is 5.50. The lowest BCUT2D eigenvalue weighted by Gasteiger charge is -2.18. The maximum atomic E-state index is 5.89. The van der Waals surface area contributed by atoms with E-state index in [9.17, 15) is 0 Å². The van der Waals surface area contributed by atoms with Gasteiger partial charge in [0.05, 0.1) is 0 Å². The Bertz CT molecular complexity index is 1160. The summed E-state index contributed by atoms with van der Waals surface area (Å²) in [5.74, 6) is 7.27. The van der Waals surface area contributed by atoms with Crippen LogP contribution in [0.2, 0.25) is 0 Å². The van der Waals surface area contributed by atoms with Crippen molar-refractivity contribution in [2.24, 2.45) is 0 Å². The van der Waals surface area contributed by atoms with Crippen molar-refractivity contribution in [3.05, 3.63) is 89.7 Å². The predicted molar refractivity (Wildman–Crippen MR) is 114 cm³/mol. The van der Waals surface area contributed by atoms with Gasteiger partial charge in [0.25, 0.3) is 0 Å². The van der Waals surface area contributed by atoms with Gasteiger partial charge in [0.2, 0.25) is 11.8 Å². The average Bonchev–Trinajstić information content (AvgIpc) is 3.23. The monoisotopic (exact) mass is 379 g/mol. The van der Waals surface area contributed by atoms with E-state index in [0.29, 0.717) is 11.8 Å². The van der Waals surface area contributed by atoms with E-state index in [2.05, 4.69) is 59.9 Å². The zero-order chi connectivity index (χ0) is 20.3. The van der Waals surface area contributed by atoms with Crippen molar-refractivity contribution in [1.29, 1.82) is 0 Å². The number of nitrogens with zero attached hydrogens (tertiary/aromatic N) is 3. The quantitative estimate of drug-likeness (QED) is 0.432. The van der Waals surface area contributed by atoms with Crippen LogP contribution < -0.4 is 0 Å². The van der Waals surface area contributed by atoms with Gasteiger partial charge in [-0.1, -0.05) is 44.7 Å². The van der Waals surface area contributed by atoms with Gasteiger partial charge in [0.1, 0.15) is 0 Å². The van der Waals surface area contributed by atoms with Gasteiger partial charge in [0, 0.05) is 34.6 Å². The second kappa shape index (κ2) is 7.73. The topological polar surface area (TPSA) is 51.8 Å². The lowest BCUT2D eigenvalue weighted by molar-refractivity contribution is 0.582. The molecule has 0 radical (unpaired) electrons. The van der Waals surface area contributed by atoms with E-state index in [4.69, 9.17) is 4.42 Å². The smallest absolute Gasteiger partial charge is 0.248 e. The number of pyridine rings is 1. The molecule has 0 saturated heterocycles. The molecule has 0 bridgehead atoms. The zero-order valence-electron chi connectivity index (χ0n) is 16.7. The van der Waals surface area contributed by atoms with Crippen molar-refractivity contribution in [2.75, 3.05) is 0 Å². The van der Waals surface area contributed by atoms with Crippen molar-refractivity contribution in [3.63, 3.8) is 0 Å². The SMILES string of the molecule is CC(C)(C)c1ccc(-c2nnc(-c3ccc(C#Cc4ccncc4)cc3)o2)cc1. The number of rotatable bonds is 2. The Hall–Kier alpha value is -3.71. The fourth-order valence-electron chi connectivity index (χ4n) is 2.85. The van der Waals surface area contributed by atoms with Crippen LogP contribution in [0.25, 0.3) is 22.9 Å². The molecule has 0 aliphatic heterocycles. The van der Waals surface area contributed by atoms with E-state index in [1.165, 1.54) is 5.56 Å². The van der Waals surface area contributed by atoms with Gasteiger partial charge < -0.3 is 4.42 Å². The molecule has 0 N–H and O–H groups in total. The molecule has 142 valence electrons. The van der Waals surface area contributed by atoms with E-state index in [-0.39, 0.29) is 5.41 Å². The fourth-order valence-corrected chi connectivity index (χ4v) is 2.85. The summed E-state index contributed by atoms with van der Waals surface area (Å²) >= 11 is 0. The molecule has 29 heavy (non-hydrogen) atoms. The highest BCUT2D eigenvalue weighted by molar-refractivity contribution is 5.59. The van der Waals surface area contributed by atoms with Gasteiger partial charge in [-0.15, -0.1) is 10.2 Å². The highest BCUT2D eigenvalue weighted by atomic mass is 16.4. The number of hydrogen-bond acceptors (Lipinski definition) is 4. The molecule has 0 spiro atoms. The standard InChI is InChI=1S/C25H21N3O/c1-25(2,3)22-12-10-21(11-13-22)24-28-27-23(29-24)20-8-6-18(7-9-20)4-5-19-14-16-26-17-15-19/h6-17H,1-3H3. The normalized spacial score (nSPS) is 11.0. The van der Waals surface area contributed by atoms with Crippen molar-refractivity contribution in [2.45, 2.75) is 26.2 Å². The molecule has 4 rings (SSSR count). The van der Waals surface area contributed by atoms with Crippen LogP contribution in [0.3, 0.4) is 0 Å². The summed E-state index contributed by atoms with van der Waals surface area (Å²) in [6, 6.07) is 19.8. The van der Waals surface area contributed by atoms with Gasteiger partial charge in [-0.3, -0.25) is 4.98 Å². The van der Waals surface area contributed by atoms with Gasteiger partial charge in [-0.25, -0.2) is 0 Å².